The van der Waals surface area contributed by atoms with Gasteiger partial charge in [-0.05, 0) is 35.1 Å². The number of hydrogen-bond donors (Lipinski definition) is 2. The minimum atomic E-state index is -3.24. The van der Waals surface area contributed by atoms with Gasteiger partial charge in [0, 0.05) is 17.2 Å². The van der Waals surface area contributed by atoms with E-state index in [9.17, 15) is 23.5 Å². The maximum atomic E-state index is 14.5. The van der Waals surface area contributed by atoms with Crippen molar-refractivity contribution in [2.75, 3.05) is 11.9 Å². The van der Waals surface area contributed by atoms with Crippen molar-refractivity contribution >= 4 is 28.5 Å². The molecule has 2 aliphatic rings. The zero-order valence-corrected chi connectivity index (χ0v) is 18.2. The molecule has 0 aliphatic heterocycles. The number of carbonyl (C=O) groups excluding carboxylic acids is 1. The van der Waals surface area contributed by atoms with Crippen LogP contribution in [0.3, 0.4) is 0 Å². The number of carboxylic acids is 1. The predicted molar refractivity (Wildman–Crippen MR) is 119 cm³/mol. The summed E-state index contributed by atoms with van der Waals surface area (Å²) in [5, 5.41) is 11.7. The van der Waals surface area contributed by atoms with Crippen LogP contribution in [-0.2, 0) is 21.9 Å². The largest absolute Gasteiger partial charge is 0.481 e. The molecule has 0 bridgehead atoms. The lowest BCUT2D eigenvalue weighted by atomic mass is 9.98. The first-order valence-corrected chi connectivity index (χ1v) is 11.4. The quantitative estimate of drug-likeness (QED) is 0.482. The summed E-state index contributed by atoms with van der Waals surface area (Å²) in [6, 6.07) is 15.9. The summed E-state index contributed by atoms with van der Waals surface area (Å²) in [6.45, 7) is 0.0855. The lowest BCUT2D eigenvalue weighted by Crippen LogP contribution is -2.19. The van der Waals surface area contributed by atoms with Gasteiger partial charge in [0.05, 0.1) is 5.92 Å². The molecule has 2 aliphatic carbocycles. The van der Waals surface area contributed by atoms with Gasteiger partial charge < -0.3 is 9.84 Å². The van der Waals surface area contributed by atoms with Gasteiger partial charge in [0.2, 0.25) is 0 Å². The van der Waals surface area contributed by atoms with Crippen molar-refractivity contribution < 1.29 is 28.2 Å². The molecular formula is C24H20F2N2O4S. The number of ether oxygens (including phenoxy) is 1. The molecule has 0 spiro atoms. The predicted octanol–water partition coefficient (Wildman–Crippen LogP) is 5.63. The Bertz CT molecular complexity index is 1200. The van der Waals surface area contributed by atoms with Crippen molar-refractivity contribution in [1.82, 2.24) is 4.98 Å². The van der Waals surface area contributed by atoms with Crippen molar-refractivity contribution in [3.8, 4) is 11.1 Å². The summed E-state index contributed by atoms with van der Waals surface area (Å²) < 4.78 is 34.4. The molecular weight excluding hydrogens is 450 g/mol. The molecule has 9 heteroatoms. The summed E-state index contributed by atoms with van der Waals surface area (Å²) in [5.41, 5.74) is 3.87. The molecule has 33 heavy (non-hydrogen) atoms. The zero-order valence-electron chi connectivity index (χ0n) is 17.4. The van der Waals surface area contributed by atoms with Crippen LogP contribution < -0.4 is 5.32 Å². The molecule has 2 aromatic carbocycles. The zero-order chi connectivity index (χ0) is 23.2. The van der Waals surface area contributed by atoms with E-state index in [4.69, 9.17) is 4.74 Å². The Morgan fingerprint density at radius 2 is 1.76 bits per heavy atom. The molecule has 0 radical (unpaired) electrons. The third-order valence-corrected chi connectivity index (χ3v) is 7.18. The highest BCUT2D eigenvalue weighted by Gasteiger charge is 2.42. The van der Waals surface area contributed by atoms with Crippen LogP contribution in [0, 0.1) is 5.92 Å². The fourth-order valence-corrected chi connectivity index (χ4v) is 5.64. The fourth-order valence-electron chi connectivity index (χ4n) is 4.56. The molecule has 1 atom stereocenters. The molecule has 0 saturated carbocycles. The molecule has 3 aromatic rings. The molecule has 1 heterocycles. The first-order chi connectivity index (χ1) is 15.8. The Labute approximate surface area is 192 Å². The average molecular weight is 470 g/mol. The number of thiazole rings is 1. The number of rotatable bonds is 4. The number of carbonyl (C=O) groups is 2. The Hall–Kier alpha value is -3.33. The number of nitrogens with one attached hydrogen (secondary N) is 1. The number of benzene rings is 2. The van der Waals surface area contributed by atoms with Crippen molar-refractivity contribution in [3.05, 3.63) is 70.2 Å². The van der Waals surface area contributed by atoms with E-state index in [0.717, 1.165) is 33.6 Å². The second kappa shape index (κ2) is 8.22. The van der Waals surface area contributed by atoms with Gasteiger partial charge in [-0.1, -0.05) is 48.5 Å². The molecule has 170 valence electrons. The standard InChI is InChI=1S/C24H20F2N2O4S/c25-24(26)10-9-13(21(29)30)11-19-20(24)27-22(33-19)28-23(31)32-12-18-16-7-3-1-5-14(16)15-6-2-4-8-17(15)18/h1-8,13,18H,9-12H2,(H,29,30)(H,27,28,31). The van der Waals surface area contributed by atoms with Gasteiger partial charge in [0.1, 0.15) is 12.3 Å². The highest BCUT2D eigenvalue weighted by atomic mass is 32.1. The van der Waals surface area contributed by atoms with E-state index < -0.39 is 36.0 Å². The molecule has 0 fully saturated rings. The van der Waals surface area contributed by atoms with E-state index in [-0.39, 0.29) is 35.4 Å². The molecule has 0 saturated heterocycles. The number of hydrogen-bond acceptors (Lipinski definition) is 5. The molecule has 5 rings (SSSR count). The van der Waals surface area contributed by atoms with Gasteiger partial charge >= 0.3 is 12.1 Å². The number of aliphatic carboxylic acids is 1. The average Bonchev–Trinajstić information content (AvgIpc) is 3.30. The van der Waals surface area contributed by atoms with Gasteiger partial charge in [-0.3, -0.25) is 10.1 Å². The molecule has 1 unspecified atom stereocenters. The lowest BCUT2D eigenvalue weighted by molar-refractivity contribution is -0.142. The Balaban J connectivity index is 1.30. The Morgan fingerprint density at radius 1 is 1.12 bits per heavy atom. The molecule has 1 amide bonds. The van der Waals surface area contributed by atoms with Crippen LogP contribution in [0.5, 0.6) is 0 Å². The number of fused-ring (bicyclic) bond motifs is 4. The normalized spacial score (nSPS) is 18.5. The second-order valence-electron chi connectivity index (χ2n) is 8.22. The third-order valence-electron chi connectivity index (χ3n) is 6.18. The van der Waals surface area contributed by atoms with Crippen LogP contribution in [0.25, 0.3) is 11.1 Å². The number of halogens is 2. The van der Waals surface area contributed by atoms with E-state index in [1.54, 1.807) is 0 Å². The summed E-state index contributed by atoms with van der Waals surface area (Å²) in [6.07, 6.45) is -1.55. The Kier molecular flexibility index (Phi) is 5.36. The van der Waals surface area contributed by atoms with Crippen molar-refractivity contribution in [2.45, 2.75) is 31.1 Å². The topological polar surface area (TPSA) is 88.5 Å². The summed E-state index contributed by atoms with van der Waals surface area (Å²) >= 11 is 0.869. The SMILES string of the molecule is O=C(Nc1nc2c(s1)CC(C(=O)O)CCC2(F)F)OCC1c2ccccc2-c2ccccc21. The lowest BCUT2D eigenvalue weighted by Gasteiger charge is -2.14. The van der Waals surface area contributed by atoms with Crippen LogP contribution in [0.15, 0.2) is 48.5 Å². The van der Waals surface area contributed by atoms with Crippen LogP contribution in [0.1, 0.15) is 40.5 Å². The van der Waals surface area contributed by atoms with Gasteiger partial charge in [-0.25, -0.2) is 9.78 Å². The molecule has 1 aromatic heterocycles. The van der Waals surface area contributed by atoms with E-state index in [0.29, 0.717) is 0 Å². The number of alkyl halides is 2. The number of anilines is 1. The first kappa shape index (κ1) is 21.5. The smallest absolute Gasteiger partial charge is 0.413 e. The van der Waals surface area contributed by atoms with Gasteiger partial charge in [-0.2, -0.15) is 8.78 Å². The van der Waals surface area contributed by atoms with E-state index in [2.05, 4.69) is 10.3 Å². The van der Waals surface area contributed by atoms with Crippen molar-refractivity contribution in [1.29, 1.82) is 0 Å². The van der Waals surface area contributed by atoms with Crippen LogP contribution in [0.2, 0.25) is 0 Å². The summed E-state index contributed by atoms with van der Waals surface area (Å²) in [4.78, 5) is 27.9. The molecule has 6 nitrogen and oxygen atoms in total. The first-order valence-electron chi connectivity index (χ1n) is 10.6. The minimum Gasteiger partial charge on any atom is -0.481 e. The molecule has 2 N–H and O–H groups in total. The van der Waals surface area contributed by atoms with Crippen LogP contribution in [0.4, 0.5) is 18.7 Å². The monoisotopic (exact) mass is 470 g/mol. The van der Waals surface area contributed by atoms with Gasteiger partial charge in [0.15, 0.2) is 5.13 Å². The van der Waals surface area contributed by atoms with E-state index >= 15 is 0 Å². The van der Waals surface area contributed by atoms with E-state index in [1.165, 1.54) is 0 Å². The van der Waals surface area contributed by atoms with E-state index in [1.807, 2.05) is 48.5 Å². The number of aromatic nitrogens is 1. The van der Waals surface area contributed by atoms with Crippen molar-refractivity contribution in [3.63, 3.8) is 0 Å². The van der Waals surface area contributed by atoms with Gasteiger partial charge in [-0.15, -0.1) is 11.3 Å². The highest BCUT2D eigenvalue weighted by Crippen LogP contribution is 2.45. The second-order valence-corrected chi connectivity index (χ2v) is 9.31. The van der Waals surface area contributed by atoms with Crippen LogP contribution in [-0.4, -0.2) is 28.8 Å². The highest BCUT2D eigenvalue weighted by molar-refractivity contribution is 7.15. The number of nitrogens with zero attached hydrogens (tertiary/aromatic N) is 1. The maximum absolute atomic E-state index is 14.5. The summed E-state index contributed by atoms with van der Waals surface area (Å²) in [5.74, 6) is -5.38. The Morgan fingerprint density at radius 3 is 2.39 bits per heavy atom. The van der Waals surface area contributed by atoms with Crippen molar-refractivity contribution in [2.24, 2.45) is 5.92 Å². The fraction of sp³-hybridized carbons (Fsp3) is 0.292. The minimum absolute atomic E-state index is 0.0251. The van der Waals surface area contributed by atoms with Gasteiger partial charge in [0.25, 0.3) is 5.92 Å². The number of amides is 1. The number of carboxylic acid groups (broad SMARTS) is 1. The summed E-state index contributed by atoms with van der Waals surface area (Å²) in [7, 11) is 0. The van der Waals surface area contributed by atoms with Crippen LogP contribution >= 0.6 is 11.3 Å². The third kappa shape index (κ3) is 3.97. The maximum Gasteiger partial charge on any atom is 0.413 e.